The van der Waals surface area contributed by atoms with Crippen LogP contribution in [0.2, 0.25) is 0 Å². The minimum atomic E-state index is 0.953. The highest BCUT2D eigenvalue weighted by molar-refractivity contribution is 9.11. The fraction of sp³-hybridized carbons (Fsp3) is 0.667. The molecule has 1 aliphatic heterocycles. The summed E-state index contributed by atoms with van der Waals surface area (Å²) >= 11 is 15.7. The first-order valence-corrected chi connectivity index (χ1v) is 21.5. The second kappa shape index (κ2) is 23.2. The van der Waals surface area contributed by atoms with Gasteiger partial charge in [0.15, 0.2) is 11.4 Å². The van der Waals surface area contributed by atoms with Crippen molar-refractivity contribution in [3.8, 4) is 0 Å². The normalized spacial score (nSPS) is 13.2. The van der Waals surface area contributed by atoms with E-state index in [2.05, 4.69) is 118 Å². The molecule has 0 N–H and O–H groups in total. The second-order valence-electron chi connectivity index (χ2n) is 13.2. The van der Waals surface area contributed by atoms with Gasteiger partial charge in [0.05, 0.1) is 17.9 Å². The zero-order valence-electron chi connectivity index (χ0n) is 28.3. The fourth-order valence-electron chi connectivity index (χ4n) is 6.54. The lowest BCUT2D eigenvalue weighted by Gasteiger charge is -2.13. The molecule has 1 heterocycles. The van der Waals surface area contributed by atoms with E-state index in [0.717, 1.165) is 25.9 Å². The van der Waals surface area contributed by atoms with Crippen molar-refractivity contribution in [1.82, 2.24) is 0 Å². The summed E-state index contributed by atoms with van der Waals surface area (Å²) in [6.07, 6.45) is 32.2. The van der Waals surface area contributed by atoms with E-state index in [9.17, 15) is 0 Å². The SMILES string of the molecule is CCCCCCCCCCCCc1cc(Br)c(N2C=[N+](c3c(Br)cc(CCCCCCCCCCCC)cc3Br)CC2)c(Br)c1. The van der Waals surface area contributed by atoms with Crippen molar-refractivity contribution in [2.24, 2.45) is 0 Å². The van der Waals surface area contributed by atoms with Crippen molar-refractivity contribution < 1.29 is 4.58 Å². The molecule has 0 spiro atoms. The highest BCUT2D eigenvalue weighted by Crippen LogP contribution is 2.39. The molecular formula is C39H59Br4N2+. The summed E-state index contributed by atoms with van der Waals surface area (Å²) in [5.41, 5.74) is 5.26. The molecule has 1 aliphatic rings. The molecular weight excluding hydrogens is 816 g/mol. The zero-order valence-corrected chi connectivity index (χ0v) is 34.6. The van der Waals surface area contributed by atoms with Gasteiger partial charge in [0.25, 0.3) is 0 Å². The van der Waals surface area contributed by atoms with Gasteiger partial charge in [-0.25, -0.2) is 9.48 Å². The molecule has 0 aliphatic carbocycles. The van der Waals surface area contributed by atoms with Gasteiger partial charge in [-0.05, 0) is 125 Å². The summed E-state index contributed by atoms with van der Waals surface area (Å²) in [5, 5.41) is 0. The average Bonchev–Trinajstić information content (AvgIpc) is 3.47. The molecule has 0 saturated heterocycles. The molecule has 0 aromatic heterocycles. The quantitative estimate of drug-likeness (QED) is 0.0752. The summed E-state index contributed by atoms with van der Waals surface area (Å²) in [7, 11) is 0. The molecule has 6 heteroatoms. The highest BCUT2D eigenvalue weighted by Gasteiger charge is 2.29. The van der Waals surface area contributed by atoms with Gasteiger partial charge in [0, 0.05) is 0 Å². The first-order chi connectivity index (χ1) is 21.9. The Morgan fingerprint density at radius 1 is 0.511 bits per heavy atom. The minimum Gasteiger partial charge on any atom is -0.227 e. The molecule has 2 aromatic carbocycles. The van der Waals surface area contributed by atoms with Crippen LogP contribution >= 0.6 is 63.7 Å². The van der Waals surface area contributed by atoms with Crippen molar-refractivity contribution in [2.45, 2.75) is 155 Å². The Morgan fingerprint density at radius 3 is 1.27 bits per heavy atom. The Bertz CT molecular complexity index is 1120. The van der Waals surface area contributed by atoms with E-state index in [4.69, 9.17) is 0 Å². The Hall–Kier alpha value is -0.170. The maximum atomic E-state index is 3.92. The molecule has 0 fully saturated rings. The van der Waals surface area contributed by atoms with Crippen molar-refractivity contribution in [1.29, 1.82) is 0 Å². The van der Waals surface area contributed by atoms with Gasteiger partial charge in [-0.2, -0.15) is 0 Å². The van der Waals surface area contributed by atoms with Gasteiger partial charge in [0.1, 0.15) is 13.1 Å². The van der Waals surface area contributed by atoms with E-state index in [1.54, 1.807) is 0 Å². The van der Waals surface area contributed by atoms with Gasteiger partial charge in [-0.3, -0.25) is 0 Å². The molecule has 0 radical (unpaired) electrons. The Kier molecular flexibility index (Phi) is 20.3. The van der Waals surface area contributed by atoms with Crippen molar-refractivity contribution in [2.75, 3.05) is 18.0 Å². The van der Waals surface area contributed by atoms with Crippen molar-refractivity contribution in [3.05, 3.63) is 53.3 Å². The van der Waals surface area contributed by atoms with Crippen LogP contribution in [0.4, 0.5) is 11.4 Å². The maximum Gasteiger partial charge on any atom is 0.244 e. The van der Waals surface area contributed by atoms with Gasteiger partial charge in [0.2, 0.25) is 6.34 Å². The van der Waals surface area contributed by atoms with Crippen LogP contribution in [0.5, 0.6) is 0 Å². The van der Waals surface area contributed by atoms with Crippen LogP contribution in [0.3, 0.4) is 0 Å². The van der Waals surface area contributed by atoms with E-state index in [-0.39, 0.29) is 0 Å². The largest absolute Gasteiger partial charge is 0.244 e. The molecule has 0 bridgehead atoms. The van der Waals surface area contributed by atoms with E-state index in [0.29, 0.717) is 0 Å². The molecule has 0 unspecified atom stereocenters. The van der Waals surface area contributed by atoms with Crippen LogP contribution < -0.4 is 4.90 Å². The third kappa shape index (κ3) is 14.5. The number of benzene rings is 2. The summed E-state index contributed by atoms with van der Waals surface area (Å²) in [5.74, 6) is 0. The predicted octanol–water partition coefficient (Wildman–Crippen LogP) is 14.9. The molecule has 0 saturated carbocycles. The first kappa shape index (κ1) is 39.3. The standard InChI is InChI=1S/C39H59Br4N2/c1-3-5-7-9-11-13-15-17-19-21-23-32-27-34(40)38(35(41)28-32)44-25-26-45(31-44)39-36(42)29-33(30-37(39)43)24-22-20-18-16-14-12-10-8-6-4-2/h27-31H,3-26H2,1-2H3/q+1. The smallest absolute Gasteiger partial charge is 0.227 e. The Labute approximate surface area is 310 Å². The van der Waals surface area contributed by atoms with Crippen LogP contribution in [0, 0.1) is 0 Å². The molecule has 252 valence electrons. The van der Waals surface area contributed by atoms with Crippen LogP contribution in [-0.2, 0) is 12.8 Å². The van der Waals surface area contributed by atoms with Crippen molar-refractivity contribution in [3.63, 3.8) is 0 Å². The Balaban J connectivity index is 1.45. The Morgan fingerprint density at radius 2 is 0.867 bits per heavy atom. The molecule has 3 rings (SSSR count). The van der Waals surface area contributed by atoms with Crippen LogP contribution in [0.15, 0.2) is 42.2 Å². The van der Waals surface area contributed by atoms with Crippen LogP contribution in [-0.4, -0.2) is 24.0 Å². The lowest BCUT2D eigenvalue weighted by molar-refractivity contribution is -0.425. The highest BCUT2D eigenvalue weighted by atomic mass is 79.9. The average molecular weight is 876 g/mol. The first-order valence-electron chi connectivity index (χ1n) is 18.3. The lowest BCUT2D eigenvalue weighted by Crippen LogP contribution is -2.19. The number of nitrogens with zero attached hydrogens (tertiary/aromatic N) is 2. The zero-order chi connectivity index (χ0) is 32.3. The number of halogens is 4. The van der Waals surface area contributed by atoms with Gasteiger partial charge < -0.3 is 0 Å². The van der Waals surface area contributed by atoms with Gasteiger partial charge in [-0.15, -0.1) is 0 Å². The molecule has 45 heavy (non-hydrogen) atoms. The molecule has 2 aromatic rings. The maximum absolute atomic E-state index is 3.92. The molecule has 0 amide bonds. The van der Waals surface area contributed by atoms with Gasteiger partial charge in [-0.1, -0.05) is 129 Å². The number of hydrogen-bond acceptors (Lipinski definition) is 1. The molecule has 2 nitrogen and oxygen atoms in total. The van der Waals surface area contributed by atoms with Crippen molar-refractivity contribution >= 4 is 81.4 Å². The summed E-state index contributed by atoms with van der Waals surface area (Å²) in [6.45, 7) is 6.49. The monoisotopic (exact) mass is 871 g/mol. The van der Waals surface area contributed by atoms with E-state index >= 15 is 0 Å². The predicted molar refractivity (Wildman–Crippen MR) is 213 cm³/mol. The minimum absolute atomic E-state index is 0.953. The van der Waals surface area contributed by atoms with Crippen LogP contribution in [0.25, 0.3) is 0 Å². The fourth-order valence-corrected chi connectivity index (χ4v) is 10.0. The number of unbranched alkanes of at least 4 members (excludes halogenated alkanes) is 18. The number of anilines is 1. The van der Waals surface area contributed by atoms with Crippen LogP contribution in [0.1, 0.15) is 153 Å². The van der Waals surface area contributed by atoms with E-state index < -0.39 is 0 Å². The molecule has 0 atom stereocenters. The lowest BCUT2D eigenvalue weighted by atomic mass is 10.0. The third-order valence-corrected chi connectivity index (χ3v) is 11.6. The third-order valence-electron chi connectivity index (χ3n) is 9.23. The van der Waals surface area contributed by atoms with E-state index in [1.807, 2.05) is 0 Å². The summed E-state index contributed by atoms with van der Waals surface area (Å²) in [6, 6.07) is 9.33. The number of hydrogen-bond donors (Lipinski definition) is 0. The number of rotatable bonds is 24. The van der Waals surface area contributed by atoms with E-state index in [1.165, 1.54) is 169 Å². The van der Waals surface area contributed by atoms with Gasteiger partial charge >= 0.3 is 0 Å². The second-order valence-corrected chi connectivity index (χ2v) is 16.6. The number of aryl methyl sites for hydroxylation is 2. The topological polar surface area (TPSA) is 6.25 Å². The summed E-state index contributed by atoms with van der Waals surface area (Å²) in [4.78, 5) is 2.37. The summed E-state index contributed by atoms with van der Waals surface area (Å²) < 4.78 is 7.04.